The van der Waals surface area contributed by atoms with E-state index in [0.717, 1.165) is 6.42 Å². The SMILES string of the molecule is CCCC(=O)c1ccc2c(c1)C(=O)c1ccccc1C2=O. The van der Waals surface area contributed by atoms with Gasteiger partial charge < -0.3 is 0 Å². The van der Waals surface area contributed by atoms with Gasteiger partial charge in [-0.25, -0.2) is 0 Å². The van der Waals surface area contributed by atoms with Crippen molar-refractivity contribution in [3.05, 3.63) is 70.3 Å². The summed E-state index contributed by atoms with van der Waals surface area (Å²) in [5, 5.41) is 0. The van der Waals surface area contributed by atoms with Crippen molar-refractivity contribution >= 4 is 17.3 Å². The number of fused-ring (bicyclic) bond motifs is 2. The summed E-state index contributed by atoms with van der Waals surface area (Å²) < 4.78 is 0. The van der Waals surface area contributed by atoms with Crippen LogP contribution in [0, 0.1) is 0 Å². The van der Waals surface area contributed by atoms with Crippen LogP contribution >= 0.6 is 0 Å². The van der Waals surface area contributed by atoms with Gasteiger partial charge in [0, 0.05) is 34.2 Å². The molecule has 1 aliphatic carbocycles. The number of rotatable bonds is 3. The van der Waals surface area contributed by atoms with E-state index in [1.807, 2.05) is 6.92 Å². The maximum atomic E-state index is 12.5. The normalized spacial score (nSPS) is 12.8. The fourth-order valence-electron chi connectivity index (χ4n) is 2.64. The largest absolute Gasteiger partial charge is 0.294 e. The van der Waals surface area contributed by atoms with Crippen molar-refractivity contribution in [2.75, 3.05) is 0 Å². The quantitative estimate of drug-likeness (QED) is 0.689. The molecule has 1 aliphatic rings. The van der Waals surface area contributed by atoms with E-state index in [4.69, 9.17) is 0 Å². The van der Waals surface area contributed by atoms with Crippen LogP contribution in [0.2, 0.25) is 0 Å². The van der Waals surface area contributed by atoms with Crippen molar-refractivity contribution in [2.45, 2.75) is 19.8 Å². The molecular weight excluding hydrogens is 264 g/mol. The molecule has 0 N–H and O–H groups in total. The summed E-state index contributed by atoms with van der Waals surface area (Å²) in [5.74, 6) is -0.347. The number of carbonyl (C=O) groups excluding carboxylic acids is 3. The molecule has 0 spiro atoms. The standard InChI is InChI=1S/C18H14O3/c1-2-5-16(19)11-8-9-14-15(10-11)18(21)13-7-4-3-6-12(13)17(14)20/h3-4,6-10H,2,5H2,1H3. The molecule has 3 heteroatoms. The summed E-state index contributed by atoms with van der Waals surface area (Å²) >= 11 is 0. The molecule has 3 rings (SSSR count). The second-order valence-corrected chi connectivity index (χ2v) is 5.14. The molecule has 21 heavy (non-hydrogen) atoms. The summed E-state index contributed by atoms with van der Waals surface area (Å²) in [6.07, 6.45) is 1.20. The maximum Gasteiger partial charge on any atom is 0.194 e. The van der Waals surface area contributed by atoms with E-state index in [2.05, 4.69) is 0 Å². The second kappa shape index (κ2) is 5.09. The van der Waals surface area contributed by atoms with E-state index >= 15 is 0 Å². The number of hydrogen-bond donors (Lipinski definition) is 0. The minimum Gasteiger partial charge on any atom is -0.294 e. The minimum absolute atomic E-state index is 0.000549. The fourth-order valence-corrected chi connectivity index (χ4v) is 2.64. The summed E-state index contributed by atoms with van der Waals surface area (Å²) in [5.41, 5.74) is 2.06. The molecule has 2 aromatic carbocycles. The Hall–Kier alpha value is -2.55. The first-order valence-electron chi connectivity index (χ1n) is 6.99. The predicted octanol–water partition coefficient (Wildman–Crippen LogP) is 3.44. The fraction of sp³-hybridized carbons (Fsp3) is 0.167. The molecule has 0 radical (unpaired) electrons. The van der Waals surface area contributed by atoms with Crippen molar-refractivity contribution in [3.8, 4) is 0 Å². The Bertz CT molecular complexity index is 772. The highest BCUT2D eigenvalue weighted by molar-refractivity contribution is 6.28. The topological polar surface area (TPSA) is 51.2 Å². The van der Waals surface area contributed by atoms with Crippen molar-refractivity contribution < 1.29 is 14.4 Å². The molecule has 0 unspecified atom stereocenters. The molecule has 3 nitrogen and oxygen atoms in total. The lowest BCUT2D eigenvalue weighted by Crippen LogP contribution is -2.21. The first kappa shape index (κ1) is 13.4. The molecule has 0 atom stereocenters. The monoisotopic (exact) mass is 278 g/mol. The van der Waals surface area contributed by atoms with Gasteiger partial charge in [-0.2, -0.15) is 0 Å². The average Bonchev–Trinajstić information content (AvgIpc) is 2.52. The molecule has 0 fully saturated rings. The van der Waals surface area contributed by atoms with Crippen LogP contribution in [-0.2, 0) is 0 Å². The molecule has 0 aliphatic heterocycles. The molecular formula is C18H14O3. The van der Waals surface area contributed by atoms with Crippen molar-refractivity contribution in [1.82, 2.24) is 0 Å². The van der Waals surface area contributed by atoms with E-state index < -0.39 is 0 Å². The summed E-state index contributed by atoms with van der Waals surface area (Å²) in [6.45, 7) is 1.93. The van der Waals surface area contributed by atoms with E-state index in [9.17, 15) is 14.4 Å². The highest BCUT2D eigenvalue weighted by Crippen LogP contribution is 2.28. The highest BCUT2D eigenvalue weighted by Gasteiger charge is 2.29. The maximum absolute atomic E-state index is 12.5. The molecule has 0 heterocycles. The Morgan fingerprint density at radius 1 is 0.857 bits per heavy atom. The average molecular weight is 278 g/mol. The summed E-state index contributed by atoms with van der Waals surface area (Å²) in [7, 11) is 0. The Morgan fingerprint density at radius 3 is 2.05 bits per heavy atom. The second-order valence-electron chi connectivity index (χ2n) is 5.14. The number of carbonyl (C=O) groups is 3. The van der Waals surface area contributed by atoms with E-state index in [0.29, 0.717) is 34.2 Å². The number of ketones is 3. The Kier molecular flexibility index (Phi) is 3.26. The number of Topliss-reactive ketones (excluding diaryl/α,β-unsaturated/α-hetero) is 1. The van der Waals surface area contributed by atoms with Crippen molar-refractivity contribution in [2.24, 2.45) is 0 Å². The van der Waals surface area contributed by atoms with Crippen LogP contribution < -0.4 is 0 Å². The molecule has 0 bridgehead atoms. The van der Waals surface area contributed by atoms with Crippen molar-refractivity contribution in [3.63, 3.8) is 0 Å². The lowest BCUT2D eigenvalue weighted by molar-refractivity contribution is 0.0972. The smallest absolute Gasteiger partial charge is 0.194 e. The lowest BCUT2D eigenvalue weighted by atomic mass is 9.83. The zero-order valence-corrected chi connectivity index (χ0v) is 11.7. The molecule has 0 saturated carbocycles. The Morgan fingerprint density at radius 2 is 1.43 bits per heavy atom. The highest BCUT2D eigenvalue weighted by atomic mass is 16.1. The zero-order valence-electron chi connectivity index (χ0n) is 11.7. The van der Waals surface area contributed by atoms with Crippen LogP contribution in [-0.4, -0.2) is 17.3 Å². The zero-order chi connectivity index (χ0) is 15.0. The van der Waals surface area contributed by atoms with Gasteiger partial charge in [-0.1, -0.05) is 37.3 Å². The van der Waals surface area contributed by atoms with Gasteiger partial charge >= 0.3 is 0 Å². The van der Waals surface area contributed by atoms with E-state index in [1.54, 1.807) is 42.5 Å². The molecule has 2 aromatic rings. The third-order valence-corrected chi connectivity index (χ3v) is 3.72. The third kappa shape index (κ3) is 2.11. The van der Waals surface area contributed by atoms with Crippen molar-refractivity contribution in [1.29, 1.82) is 0 Å². The lowest BCUT2D eigenvalue weighted by Gasteiger charge is -2.17. The van der Waals surface area contributed by atoms with Gasteiger partial charge in [0.1, 0.15) is 0 Å². The van der Waals surface area contributed by atoms with Crippen LogP contribution in [0.5, 0.6) is 0 Å². The van der Waals surface area contributed by atoms with Gasteiger partial charge in [-0.3, -0.25) is 14.4 Å². The molecule has 0 aromatic heterocycles. The van der Waals surface area contributed by atoms with Gasteiger partial charge in [-0.05, 0) is 18.6 Å². The number of hydrogen-bond acceptors (Lipinski definition) is 3. The Balaban J connectivity index is 2.13. The molecule has 104 valence electrons. The molecule has 0 saturated heterocycles. The minimum atomic E-state index is -0.189. The van der Waals surface area contributed by atoms with Gasteiger partial charge in [0.05, 0.1) is 0 Å². The van der Waals surface area contributed by atoms with Crippen LogP contribution in [0.1, 0.15) is 62.0 Å². The van der Waals surface area contributed by atoms with Gasteiger partial charge in [0.2, 0.25) is 0 Å². The summed E-state index contributed by atoms with van der Waals surface area (Å²) in [4.78, 5) is 36.9. The van der Waals surface area contributed by atoms with Crippen LogP contribution in [0.3, 0.4) is 0 Å². The third-order valence-electron chi connectivity index (χ3n) is 3.72. The van der Waals surface area contributed by atoms with Crippen LogP contribution in [0.25, 0.3) is 0 Å². The molecule has 0 amide bonds. The first-order chi connectivity index (χ1) is 10.1. The predicted molar refractivity (Wildman–Crippen MR) is 79.0 cm³/mol. The Labute approximate surface area is 122 Å². The van der Waals surface area contributed by atoms with Gasteiger partial charge in [0.15, 0.2) is 17.3 Å². The van der Waals surface area contributed by atoms with Crippen LogP contribution in [0.4, 0.5) is 0 Å². The van der Waals surface area contributed by atoms with Gasteiger partial charge in [-0.15, -0.1) is 0 Å². The van der Waals surface area contributed by atoms with Gasteiger partial charge in [0.25, 0.3) is 0 Å². The number of benzene rings is 2. The summed E-state index contributed by atoms with van der Waals surface area (Å²) in [6, 6.07) is 11.6. The van der Waals surface area contributed by atoms with E-state index in [1.165, 1.54) is 0 Å². The first-order valence-corrected chi connectivity index (χ1v) is 6.99. The van der Waals surface area contributed by atoms with E-state index in [-0.39, 0.29) is 17.3 Å². The van der Waals surface area contributed by atoms with Crippen LogP contribution in [0.15, 0.2) is 42.5 Å².